The minimum Gasteiger partial charge on any atom is -0.477 e. The Labute approximate surface area is 122 Å². The number of carbonyl (C=O) groups is 1. The average molecular weight is 336 g/mol. The topological polar surface area (TPSA) is 42.2 Å². The number of thiophene rings is 1. The number of nitrogens with zero attached hydrogens (tertiary/aromatic N) is 1. The molecule has 0 amide bonds. The third-order valence-corrected chi connectivity index (χ3v) is 4.65. The summed E-state index contributed by atoms with van der Waals surface area (Å²) in [6, 6.07) is 11.5. The summed E-state index contributed by atoms with van der Waals surface area (Å²) in [6.45, 7) is 0.575. The molecule has 0 unspecified atom stereocenters. The molecule has 0 aliphatic heterocycles. The molecule has 0 aliphatic rings. The molecule has 1 N–H and O–H groups in total. The Kier molecular flexibility index (Phi) is 3.16. The molecular formula is C14H10BrNO2S. The van der Waals surface area contributed by atoms with Crippen LogP contribution in [0.5, 0.6) is 0 Å². The van der Waals surface area contributed by atoms with Gasteiger partial charge in [0.2, 0.25) is 0 Å². The van der Waals surface area contributed by atoms with Gasteiger partial charge in [0.25, 0.3) is 0 Å². The van der Waals surface area contributed by atoms with E-state index in [1.165, 1.54) is 0 Å². The molecule has 3 rings (SSSR count). The summed E-state index contributed by atoms with van der Waals surface area (Å²) in [6.07, 6.45) is 0. The van der Waals surface area contributed by atoms with Gasteiger partial charge in [0.1, 0.15) is 5.69 Å². The van der Waals surface area contributed by atoms with Gasteiger partial charge in [-0.25, -0.2) is 4.79 Å². The van der Waals surface area contributed by atoms with Crippen molar-refractivity contribution < 1.29 is 9.90 Å². The summed E-state index contributed by atoms with van der Waals surface area (Å²) in [5, 5.41) is 12.3. The fourth-order valence-electron chi connectivity index (χ4n) is 2.15. The molecule has 1 aromatic carbocycles. The largest absolute Gasteiger partial charge is 0.477 e. The van der Waals surface area contributed by atoms with E-state index >= 15 is 0 Å². The van der Waals surface area contributed by atoms with Crippen molar-refractivity contribution >= 4 is 44.1 Å². The molecule has 2 heterocycles. The number of para-hydroxylation sites is 1. The maximum atomic E-state index is 11.4. The van der Waals surface area contributed by atoms with Gasteiger partial charge in [-0.2, -0.15) is 0 Å². The van der Waals surface area contributed by atoms with E-state index in [9.17, 15) is 9.90 Å². The number of aromatic nitrogens is 1. The first-order valence-corrected chi connectivity index (χ1v) is 7.37. The molecule has 0 saturated carbocycles. The molecule has 3 aromatic rings. The van der Waals surface area contributed by atoms with Crippen molar-refractivity contribution in [1.29, 1.82) is 0 Å². The van der Waals surface area contributed by atoms with E-state index in [4.69, 9.17) is 0 Å². The number of hydrogen-bond donors (Lipinski definition) is 1. The Balaban J connectivity index is 2.14. The molecule has 0 atom stereocenters. The van der Waals surface area contributed by atoms with Crippen molar-refractivity contribution in [3.05, 3.63) is 56.8 Å². The Morgan fingerprint density at radius 3 is 2.79 bits per heavy atom. The van der Waals surface area contributed by atoms with Crippen LogP contribution in [0.3, 0.4) is 0 Å². The maximum absolute atomic E-state index is 11.4. The molecule has 0 fully saturated rings. The Morgan fingerprint density at radius 2 is 2.11 bits per heavy atom. The van der Waals surface area contributed by atoms with Gasteiger partial charge >= 0.3 is 5.97 Å². The van der Waals surface area contributed by atoms with Gasteiger partial charge in [0, 0.05) is 25.6 Å². The van der Waals surface area contributed by atoms with Gasteiger partial charge in [-0.3, -0.25) is 0 Å². The number of rotatable bonds is 3. The van der Waals surface area contributed by atoms with E-state index in [1.807, 2.05) is 40.3 Å². The molecule has 0 saturated heterocycles. The van der Waals surface area contributed by atoms with Crippen molar-refractivity contribution in [2.75, 3.05) is 0 Å². The lowest BCUT2D eigenvalue weighted by Gasteiger charge is -2.06. The van der Waals surface area contributed by atoms with Gasteiger partial charge in [0.05, 0.1) is 6.54 Å². The van der Waals surface area contributed by atoms with Crippen molar-refractivity contribution in [3.8, 4) is 0 Å². The molecule has 19 heavy (non-hydrogen) atoms. The SMILES string of the molecule is O=C(O)c1cc2ccccc2n1Cc1cc(Br)cs1. The van der Waals surface area contributed by atoms with Crippen LogP contribution < -0.4 is 0 Å². The number of benzene rings is 1. The fraction of sp³-hybridized carbons (Fsp3) is 0.0714. The highest BCUT2D eigenvalue weighted by Gasteiger charge is 2.14. The number of carboxylic acid groups (broad SMARTS) is 1. The Bertz CT molecular complexity index is 760. The summed E-state index contributed by atoms with van der Waals surface area (Å²) in [4.78, 5) is 12.5. The first-order valence-electron chi connectivity index (χ1n) is 5.69. The average Bonchev–Trinajstić information content (AvgIpc) is 2.95. The maximum Gasteiger partial charge on any atom is 0.352 e. The summed E-state index contributed by atoms with van der Waals surface area (Å²) in [5.41, 5.74) is 1.27. The molecule has 96 valence electrons. The van der Waals surface area contributed by atoms with Crippen LogP contribution in [0.1, 0.15) is 15.4 Å². The van der Waals surface area contributed by atoms with Crippen molar-refractivity contribution in [1.82, 2.24) is 4.57 Å². The minimum absolute atomic E-state index is 0.325. The summed E-state index contributed by atoms with van der Waals surface area (Å²) in [5.74, 6) is -0.896. The zero-order valence-corrected chi connectivity index (χ0v) is 12.2. The van der Waals surface area contributed by atoms with Gasteiger partial charge in [-0.05, 0) is 34.1 Å². The van der Waals surface area contributed by atoms with Crippen LogP contribution in [-0.4, -0.2) is 15.6 Å². The molecule has 3 nitrogen and oxygen atoms in total. The van der Waals surface area contributed by atoms with Crippen LogP contribution >= 0.6 is 27.3 Å². The minimum atomic E-state index is -0.896. The van der Waals surface area contributed by atoms with E-state index in [1.54, 1.807) is 17.4 Å². The number of aromatic carboxylic acids is 1. The molecule has 2 aromatic heterocycles. The van der Waals surface area contributed by atoms with Crippen molar-refractivity contribution in [2.45, 2.75) is 6.54 Å². The molecule has 0 radical (unpaired) electrons. The van der Waals surface area contributed by atoms with Crippen molar-refractivity contribution in [3.63, 3.8) is 0 Å². The number of halogens is 1. The van der Waals surface area contributed by atoms with Crippen LogP contribution in [-0.2, 0) is 6.54 Å². The highest BCUT2D eigenvalue weighted by Crippen LogP contribution is 2.25. The molecular weight excluding hydrogens is 326 g/mol. The van der Waals surface area contributed by atoms with Crippen LogP contribution in [0.4, 0.5) is 0 Å². The lowest BCUT2D eigenvalue weighted by molar-refractivity contribution is 0.0686. The number of fused-ring (bicyclic) bond motifs is 1. The lowest BCUT2D eigenvalue weighted by Crippen LogP contribution is -2.08. The van der Waals surface area contributed by atoms with Crippen molar-refractivity contribution in [2.24, 2.45) is 0 Å². The summed E-state index contributed by atoms with van der Waals surface area (Å²) in [7, 11) is 0. The number of carboxylic acids is 1. The Morgan fingerprint density at radius 1 is 1.32 bits per heavy atom. The van der Waals surface area contributed by atoms with Gasteiger partial charge in [-0.1, -0.05) is 18.2 Å². The number of hydrogen-bond acceptors (Lipinski definition) is 2. The summed E-state index contributed by atoms with van der Waals surface area (Å²) < 4.78 is 2.87. The predicted molar refractivity (Wildman–Crippen MR) is 80.0 cm³/mol. The first kappa shape index (κ1) is 12.4. The molecule has 0 aliphatic carbocycles. The Hall–Kier alpha value is -1.59. The fourth-order valence-corrected chi connectivity index (χ4v) is 3.59. The third kappa shape index (κ3) is 2.31. The van der Waals surface area contributed by atoms with Crippen LogP contribution in [0, 0.1) is 0 Å². The second-order valence-electron chi connectivity index (χ2n) is 4.21. The van der Waals surface area contributed by atoms with Gasteiger partial charge in [-0.15, -0.1) is 11.3 Å². The van der Waals surface area contributed by atoms with E-state index in [0.29, 0.717) is 12.2 Å². The zero-order chi connectivity index (χ0) is 13.4. The van der Waals surface area contributed by atoms with Gasteiger partial charge < -0.3 is 9.67 Å². The normalized spacial score (nSPS) is 11.0. The summed E-state index contributed by atoms with van der Waals surface area (Å²) >= 11 is 5.03. The smallest absolute Gasteiger partial charge is 0.352 e. The molecule has 0 spiro atoms. The van der Waals surface area contributed by atoms with Crippen LogP contribution in [0.15, 0.2) is 46.3 Å². The van der Waals surface area contributed by atoms with E-state index in [2.05, 4.69) is 15.9 Å². The third-order valence-electron chi connectivity index (χ3n) is 2.97. The highest BCUT2D eigenvalue weighted by molar-refractivity contribution is 9.10. The van der Waals surface area contributed by atoms with E-state index < -0.39 is 5.97 Å². The quantitative estimate of drug-likeness (QED) is 0.778. The zero-order valence-electron chi connectivity index (χ0n) is 9.84. The second kappa shape index (κ2) is 4.83. The van der Waals surface area contributed by atoms with Gasteiger partial charge in [0.15, 0.2) is 0 Å². The highest BCUT2D eigenvalue weighted by atomic mass is 79.9. The monoisotopic (exact) mass is 335 g/mol. The van der Waals surface area contributed by atoms with E-state index in [-0.39, 0.29) is 0 Å². The van der Waals surface area contributed by atoms with Crippen LogP contribution in [0.25, 0.3) is 10.9 Å². The lowest BCUT2D eigenvalue weighted by atomic mass is 10.2. The molecule has 0 bridgehead atoms. The molecule has 5 heteroatoms. The first-order chi connectivity index (χ1) is 9.15. The second-order valence-corrected chi connectivity index (χ2v) is 6.12. The predicted octanol–water partition coefficient (Wildman–Crippen LogP) is 4.21. The van der Waals surface area contributed by atoms with Crippen LogP contribution in [0.2, 0.25) is 0 Å². The van der Waals surface area contributed by atoms with E-state index in [0.717, 1.165) is 20.3 Å². The standard InChI is InChI=1S/C14H10BrNO2S/c15-10-6-11(19-8-10)7-16-12-4-2-1-3-9(12)5-13(16)14(17)18/h1-6,8H,7H2,(H,17,18).